The molecule has 1 aliphatic heterocycles. The number of rotatable bonds is 2. The third kappa shape index (κ3) is 3.60. The van der Waals surface area contributed by atoms with Gasteiger partial charge in [0.2, 0.25) is 5.11 Å². The first-order chi connectivity index (χ1) is 10.1. The Labute approximate surface area is 134 Å². The Morgan fingerprint density at radius 3 is 2.90 bits per heavy atom. The Bertz CT molecular complexity index is 514. The van der Waals surface area contributed by atoms with Gasteiger partial charge < -0.3 is 0 Å². The van der Waals surface area contributed by atoms with Crippen molar-refractivity contribution in [2.45, 2.75) is 19.3 Å². The minimum atomic E-state index is -0.464. The summed E-state index contributed by atoms with van der Waals surface area (Å²) in [6, 6.07) is 0. The van der Waals surface area contributed by atoms with Gasteiger partial charge in [-0.1, -0.05) is 11.6 Å². The van der Waals surface area contributed by atoms with Crippen LogP contribution in [0.25, 0.3) is 0 Å². The summed E-state index contributed by atoms with van der Waals surface area (Å²) < 4.78 is 14.2. The van der Waals surface area contributed by atoms with E-state index in [-0.39, 0.29) is 6.42 Å². The molecule has 8 heteroatoms. The molecule has 116 valence electrons. The molecule has 5 nitrogen and oxygen atoms in total. The van der Waals surface area contributed by atoms with Crippen molar-refractivity contribution in [3.63, 3.8) is 0 Å². The zero-order valence-electron chi connectivity index (χ0n) is 12.0. The smallest absolute Gasteiger partial charge is 0.215 e. The summed E-state index contributed by atoms with van der Waals surface area (Å²) in [4.78, 5) is 9.35. The summed E-state index contributed by atoms with van der Waals surface area (Å²) >= 11 is 11.4. The number of thiocarbonyl (C=S) groups is 1. The van der Waals surface area contributed by atoms with Crippen LogP contribution in [0, 0.1) is 0 Å². The molecule has 2 aliphatic rings. The second-order valence-electron chi connectivity index (χ2n) is 4.66. The quantitative estimate of drug-likeness (QED) is 0.621. The van der Waals surface area contributed by atoms with Gasteiger partial charge >= 0.3 is 0 Å². The molecule has 0 atom stereocenters. The van der Waals surface area contributed by atoms with E-state index in [1.54, 1.807) is 12.1 Å². The normalized spacial score (nSPS) is 21.6. The second-order valence-corrected chi connectivity index (χ2v) is 5.43. The monoisotopic (exact) mass is 332 g/mol. The van der Waals surface area contributed by atoms with Crippen molar-refractivity contribution >= 4 is 34.6 Å². The molecule has 0 aromatic rings. The van der Waals surface area contributed by atoms with Gasteiger partial charge in [0, 0.05) is 26.6 Å². The second kappa shape index (κ2) is 7.31. The summed E-state index contributed by atoms with van der Waals surface area (Å²) in [7, 11) is 3.08. The molecule has 2 rings (SSSR count). The highest BCUT2D eigenvalue weighted by molar-refractivity contribution is 7.80. The summed E-state index contributed by atoms with van der Waals surface area (Å²) in [5.41, 5.74) is 4.08. The van der Waals surface area contributed by atoms with Crippen LogP contribution in [0.3, 0.4) is 0 Å². The predicted octanol–water partition coefficient (Wildman–Crippen LogP) is 2.51. The van der Waals surface area contributed by atoms with Crippen molar-refractivity contribution < 1.29 is 9.23 Å². The van der Waals surface area contributed by atoms with E-state index in [1.807, 2.05) is 0 Å². The largest absolute Gasteiger partial charge is 0.291 e. The summed E-state index contributed by atoms with van der Waals surface area (Å²) in [6.07, 6.45) is 3.59. The van der Waals surface area contributed by atoms with Gasteiger partial charge in [0.05, 0.1) is 23.6 Å². The molecule has 0 unspecified atom stereocenters. The number of allylic oxidation sites excluding steroid dienone is 4. The fourth-order valence-electron chi connectivity index (χ4n) is 2.22. The molecule has 0 bridgehead atoms. The molecular weight excluding hydrogens is 315 g/mol. The van der Waals surface area contributed by atoms with Crippen LogP contribution >= 0.6 is 23.8 Å². The Balaban J connectivity index is 2.24. The highest BCUT2D eigenvalue weighted by Gasteiger charge is 2.28. The zero-order chi connectivity index (χ0) is 15.4. The summed E-state index contributed by atoms with van der Waals surface area (Å²) in [5, 5.41) is 3.79. The first-order valence-electron chi connectivity index (χ1n) is 6.69. The van der Waals surface area contributed by atoms with Crippen LogP contribution in [0.5, 0.6) is 0 Å². The number of hydrogen-bond acceptors (Lipinski definition) is 4. The van der Waals surface area contributed by atoms with Crippen molar-refractivity contribution in [1.82, 2.24) is 15.5 Å². The highest BCUT2D eigenvalue weighted by Crippen LogP contribution is 2.28. The van der Waals surface area contributed by atoms with Crippen LogP contribution in [-0.4, -0.2) is 48.1 Å². The SMILES string of the molecule is CN=C1CC(N(OC)C(=S)N2CCCCN2)=C(F)C=C1Cl. The van der Waals surface area contributed by atoms with E-state index >= 15 is 0 Å². The Morgan fingerprint density at radius 1 is 1.57 bits per heavy atom. The van der Waals surface area contributed by atoms with Gasteiger partial charge in [-0.05, 0) is 31.1 Å². The lowest BCUT2D eigenvalue weighted by molar-refractivity contribution is -0.0489. The lowest BCUT2D eigenvalue weighted by atomic mass is 10.1. The van der Waals surface area contributed by atoms with E-state index in [2.05, 4.69) is 10.4 Å². The number of nitrogens with zero attached hydrogens (tertiary/aromatic N) is 3. The number of hydroxylamine groups is 2. The van der Waals surface area contributed by atoms with Gasteiger partial charge in [-0.2, -0.15) is 5.06 Å². The Kier molecular flexibility index (Phi) is 5.69. The molecule has 1 saturated heterocycles. The van der Waals surface area contributed by atoms with Crippen molar-refractivity contribution in [2.24, 2.45) is 4.99 Å². The van der Waals surface area contributed by atoms with E-state index in [0.717, 1.165) is 25.9 Å². The summed E-state index contributed by atoms with van der Waals surface area (Å²) in [6.45, 7) is 1.60. The number of halogens is 2. The molecule has 1 N–H and O–H groups in total. The van der Waals surface area contributed by atoms with E-state index in [1.165, 1.54) is 18.2 Å². The number of hydrogen-bond donors (Lipinski definition) is 1. The fraction of sp³-hybridized carbons (Fsp3) is 0.538. The molecular formula is C13H18ClFN4OS. The number of aliphatic imine (C=N–C) groups is 1. The number of nitrogens with one attached hydrogen (secondary N) is 1. The van der Waals surface area contributed by atoms with Crippen LogP contribution in [-0.2, 0) is 4.84 Å². The molecule has 0 saturated carbocycles. The first kappa shape index (κ1) is 16.4. The van der Waals surface area contributed by atoms with Crippen molar-refractivity contribution in [3.8, 4) is 0 Å². The minimum absolute atomic E-state index is 0.236. The van der Waals surface area contributed by atoms with Crippen molar-refractivity contribution in [1.29, 1.82) is 0 Å². The third-order valence-corrected chi connectivity index (χ3v) is 4.07. The highest BCUT2D eigenvalue weighted by atomic mass is 35.5. The minimum Gasteiger partial charge on any atom is -0.291 e. The van der Waals surface area contributed by atoms with Gasteiger partial charge in [-0.15, -0.1) is 0 Å². The molecule has 1 aliphatic carbocycles. The van der Waals surface area contributed by atoms with Crippen LogP contribution in [0.15, 0.2) is 27.6 Å². The fourth-order valence-corrected chi connectivity index (χ4v) is 2.81. The van der Waals surface area contributed by atoms with Crippen LogP contribution in [0.2, 0.25) is 0 Å². The van der Waals surface area contributed by atoms with Crippen LogP contribution in [0.4, 0.5) is 4.39 Å². The number of hydrazine groups is 1. The van der Waals surface area contributed by atoms with Crippen LogP contribution < -0.4 is 5.43 Å². The average molecular weight is 333 g/mol. The van der Waals surface area contributed by atoms with Crippen molar-refractivity contribution in [2.75, 3.05) is 27.2 Å². The average Bonchev–Trinajstić information content (AvgIpc) is 2.50. The molecule has 0 aromatic heterocycles. The lowest BCUT2D eigenvalue weighted by Gasteiger charge is -2.36. The maximum absolute atomic E-state index is 14.2. The van der Waals surface area contributed by atoms with Gasteiger partial charge in [0.25, 0.3) is 0 Å². The molecule has 1 fully saturated rings. The Morgan fingerprint density at radius 2 is 2.33 bits per heavy atom. The van der Waals surface area contributed by atoms with Crippen LogP contribution in [0.1, 0.15) is 19.3 Å². The van der Waals surface area contributed by atoms with Gasteiger partial charge in [0.15, 0.2) is 0 Å². The molecule has 1 heterocycles. The van der Waals surface area contributed by atoms with Crippen molar-refractivity contribution in [3.05, 3.63) is 22.6 Å². The standard InChI is InChI=1S/C13H18ClFN4OS/c1-16-11-8-12(10(15)7-9(11)14)19(20-2)13(21)18-6-4-3-5-17-18/h7,17H,3-6,8H2,1-2H3. The van der Waals surface area contributed by atoms with E-state index in [4.69, 9.17) is 28.7 Å². The van der Waals surface area contributed by atoms with E-state index < -0.39 is 5.83 Å². The first-order valence-corrected chi connectivity index (χ1v) is 7.48. The van der Waals surface area contributed by atoms with E-state index in [9.17, 15) is 4.39 Å². The zero-order valence-corrected chi connectivity index (χ0v) is 13.6. The maximum Gasteiger partial charge on any atom is 0.215 e. The molecule has 0 amide bonds. The van der Waals surface area contributed by atoms with E-state index in [0.29, 0.717) is 21.6 Å². The molecule has 21 heavy (non-hydrogen) atoms. The van der Waals surface area contributed by atoms with Gasteiger partial charge in [0.1, 0.15) is 5.83 Å². The molecule has 0 spiro atoms. The molecule has 0 radical (unpaired) electrons. The van der Waals surface area contributed by atoms with Gasteiger partial charge in [-0.25, -0.2) is 9.82 Å². The van der Waals surface area contributed by atoms with Gasteiger partial charge in [-0.3, -0.25) is 14.8 Å². The topological polar surface area (TPSA) is 40.1 Å². The molecule has 0 aromatic carbocycles. The lowest BCUT2D eigenvalue weighted by Crippen LogP contribution is -2.52. The maximum atomic E-state index is 14.2. The summed E-state index contributed by atoms with van der Waals surface area (Å²) in [5.74, 6) is -0.464. The third-order valence-electron chi connectivity index (χ3n) is 3.35. The predicted molar refractivity (Wildman–Crippen MR) is 85.4 cm³/mol. The Hall–Kier alpha value is -1.02.